The number of nitrogens with zero attached hydrogens (tertiary/aromatic N) is 2. The number of halogens is 1. The molecule has 0 amide bonds. The van der Waals surface area contributed by atoms with Crippen molar-refractivity contribution in [1.82, 2.24) is 9.78 Å². The van der Waals surface area contributed by atoms with E-state index in [1.165, 1.54) is 12.1 Å². The lowest BCUT2D eigenvalue weighted by Gasteiger charge is -2.13. The summed E-state index contributed by atoms with van der Waals surface area (Å²) >= 11 is 6.10. The highest BCUT2D eigenvalue weighted by Crippen LogP contribution is 2.30. The van der Waals surface area contributed by atoms with Crippen molar-refractivity contribution in [3.63, 3.8) is 0 Å². The maximum Gasteiger partial charge on any atom is 0.337 e. The summed E-state index contributed by atoms with van der Waals surface area (Å²) in [5.41, 5.74) is 9.30. The van der Waals surface area contributed by atoms with Crippen molar-refractivity contribution in [2.24, 2.45) is 7.05 Å². The van der Waals surface area contributed by atoms with Crippen LogP contribution in [0.15, 0.2) is 12.1 Å². The maximum absolute atomic E-state index is 11.3. The molecule has 112 valence electrons. The predicted octanol–water partition coefficient (Wildman–Crippen LogP) is 2.58. The number of nitrogens with one attached hydrogen (secondary N) is 1. The molecule has 0 aliphatic heterocycles. The summed E-state index contributed by atoms with van der Waals surface area (Å²) in [6.07, 6.45) is 0. The van der Waals surface area contributed by atoms with Crippen LogP contribution in [0.3, 0.4) is 0 Å². The van der Waals surface area contributed by atoms with Crippen molar-refractivity contribution in [3.05, 3.63) is 39.7 Å². The van der Waals surface area contributed by atoms with Crippen LogP contribution in [0.4, 0.5) is 11.4 Å². The van der Waals surface area contributed by atoms with Gasteiger partial charge >= 0.3 is 5.97 Å². The first kappa shape index (κ1) is 15.2. The Morgan fingerprint density at radius 2 is 2.14 bits per heavy atom. The molecule has 0 fully saturated rings. The van der Waals surface area contributed by atoms with Crippen LogP contribution >= 0.6 is 11.6 Å². The fourth-order valence-electron chi connectivity index (χ4n) is 2.23. The predicted molar refractivity (Wildman–Crippen MR) is 82.8 cm³/mol. The van der Waals surface area contributed by atoms with Gasteiger partial charge in [-0.15, -0.1) is 0 Å². The number of carboxylic acid groups (broad SMARTS) is 1. The third-order valence-corrected chi connectivity index (χ3v) is 3.74. The van der Waals surface area contributed by atoms with E-state index >= 15 is 0 Å². The van der Waals surface area contributed by atoms with E-state index in [1.807, 2.05) is 20.9 Å². The third kappa shape index (κ3) is 2.95. The molecular weight excluding hydrogens is 292 g/mol. The Bertz CT molecular complexity index is 709. The van der Waals surface area contributed by atoms with Crippen LogP contribution in [-0.2, 0) is 13.6 Å². The van der Waals surface area contributed by atoms with Crippen LogP contribution in [0, 0.1) is 13.8 Å². The smallest absolute Gasteiger partial charge is 0.337 e. The molecule has 6 nitrogen and oxygen atoms in total. The molecular formula is C14H17ClN4O2. The molecule has 0 spiro atoms. The number of anilines is 2. The number of hydrogen-bond acceptors (Lipinski definition) is 4. The first-order valence-corrected chi connectivity index (χ1v) is 6.74. The minimum Gasteiger partial charge on any atom is -0.478 e. The van der Waals surface area contributed by atoms with Gasteiger partial charge in [0.25, 0.3) is 0 Å². The van der Waals surface area contributed by atoms with E-state index in [-0.39, 0.29) is 10.6 Å². The van der Waals surface area contributed by atoms with Gasteiger partial charge in [-0.2, -0.15) is 5.10 Å². The van der Waals surface area contributed by atoms with E-state index in [2.05, 4.69) is 10.4 Å². The van der Waals surface area contributed by atoms with Gasteiger partial charge in [0.05, 0.1) is 22.0 Å². The largest absolute Gasteiger partial charge is 0.478 e. The second kappa shape index (κ2) is 5.65. The number of aromatic carboxylic acids is 1. The Hall–Kier alpha value is -2.21. The van der Waals surface area contributed by atoms with Crippen LogP contribution in [0.2, 0.25) is 5.02 Å². The van der Waals surface area contributed by atoms with Crippen molar-refractivity contribution in [2.75, 3.05) is 11.1 Å². The molecule has 4 N–H and O–H groups in total. The van der Waals surface area contributed by atoms with Gasteiger partial charge < -0.3 is 16.2 Å². The number of rotatable bonds is 4. The SMILES string of the molecule is Cc1nn(C)c(C)c1CNc1c(Cl)cc(N)cc1C(=O)O. The summed E-state index contributed by atoms with van der Waals surface area (Å²) in [7, 11) is 1.87. The first-order chi connectivity index (χ1) is 9.81. The molecule has 2 rings (SSSR count). The minimum absolute atomic E-state index is 0.0548. The van der Waals surface area contributed by atoms with E-state index < -0.39 is 5.97 Å². The summed E-state index contributed by atoms with van der Waals surface area (Å²) < 4.78 is 1.79. The molecule has 0 atom stereocenters. The van der Waals surface area contributed by atoms with Gasteiger partial charge in [0.1, 0.15) is 0 Å². The Balaban J connectivity index is 2.34. The monoisotopic (exact) mass is 308 g/mol. The highest BCUT2D eigenvalue weighted by molar-refractivity contribution is 6.34. The summed E-state index contributed by atoms with van der Waals surface area (Å²) in [5.74, 6) is -1.08. The highest BCUT2D eigenvalue weighted by Gasteiger charge is 2.16. The molecule has 1 aromatic carbocycles. The van der Waals surface area contributed by atoms with E-state index in [0.717, 1.165) is 17.0 Å². The molecule has 0 aliphatic carbocycles. The van der Waals surface area contributed by atoms with E-state index in [4.69, 9.17) is 17.3 Å². The van der Waals surface area contributed by atoms with Crippen molar-refractivity contribution in [3.8, 4) is 0 Å². The summed E-state index contributed by atoms with van der Waals surface area (Å²) in [6, 6.07) is 2.92. The zero-order valence-corrected chi connectivity index (χ0v) is 12.8. The lowest BCUT2D eigenvalue weighted by molar-refractivity contribution is 0.0698. The second-order valence-electron chi connectivity index (χ2n) is 4.86. The molecule has 0 saturated carbocycles. The van der Waals surface area contributed by atoms with E-state index in [0.29, 0.717) is 17.9 Å². The van der Waals surface area contributed by atoms with Crippen LogP contribution < -0.4 is 11.1 Å². The number of benzene rings is 1. The fourth-order valence-corrected chi connectivity index (χ4v) is 2.52. The molecule has 2 aromatic rings. The van der Waals surface area contributed by atoms with Gasteiger partial charge in [0.15, 0.2) is 0 Å². The number of nitrogen functional groups attached to an aromatic ring is 1. The normalized spacial score (nSPS) is 10.7. The topological polar surface area (TPSA) is 93.2 Å². The second-order valence-corrected chi connectivity index (χ2v) is 5.26. The standard InChI is InChI=1S/C14H17ClN4O2/c1-7-11(8(2)19(3)18-7)6-17-13-10(14(20)21)4-9(16)5-12(13)15/h4-5,17H,6,16H2,1-3H3,(H,20,21). The Kier molecular flexibility index (Phi) is 4.09. The number of carbonyl (C=O) groups is 1. The molecule has 1 aromatic heterocycles. The molecule has 0 bridgehead atoms. The van der Waals surface area contributed by atoms with Gasteiger partial charge in [-0.25, -0.2) is 4.79 Å². The fraction of sp³-hybridized carbons (Fsp3) is 0.286. The Morgan fingerprint density at radius 1 is 1.48 bits per heavy atom. The molecule has 0 saturated heterocycles. The highest BCUT2D eigenvalue weighted by atomic mass is 35.5. The Morgan fingerprint density at radius 3 is 2.67 bits per heavy atom. The lowest BCUT2D eigenvalue weighted by atomic mass is 10.1. The minimum atomic E-state index is -1.08. The van der Waals surface area contributed by atoms with Gasteiger partial charge in [-0.05, 0) is 26.0 Å². The van der Waals surface area contributed by atoms with Gasteiger partial charge in [0.2, 0.25) is 0 Å². The zero-order chi connectivity index (χ0) is 15.7. The van der Waals surface area contributed by atoms with E-state index in [1.54, 1.807) is 4.68 Å². The maximum atomic E-state index is 11.3. The van der Waals surface area contributed by atoms with Gasteiger partial charge in [-0.1, -0.05) is 11.6 Å². The van der Waals surface area contributed by atoms with Crippen LogP contribution in [0.25, 0.3) is 0 Å². The molecule has 1 heterocycles. The van der Waals surface area contributed by atoms with Crippen LogP contribution in [0.1, 0.15) is 27.3 Å². The molecule has 7 heteroatoms. The summed E-state index contributed by atoms with van der Waals surface area (Å²) in [4.78, 5) is 11.3. The van der Waals surface area contributed by atoms with Crippen LogP contribution in [-0.4, -0.2) is 20.9 Å². The average Bonchev–Trinajstić information content (AvgIpc) is 2.62. The van der Waals surface area contributed by atoms with Crippen molar-refractivity contribution >= 4 is 28.9 Å². The van der Waals surface area contributed by atoms with Crippen molar-refractivity contribution in [2.45, 2.75) is 20.4 Å². The number of aromatic nitrogens is 2. The number of nitrogens with two attached hydrogens (primary N) is 1. The molecule has 0 radical (unpaired) electrons. The average molecular weight is 309 g/mol. The van der Waals surface area contributed by atoms with Gasteiger partial charge in [-0.3, -0.25) is 4.68 Å². The molecule has 0 aliphatic rings. The van der Waals surface area contributed by atoms with Crippen LogP contribution in [0.5, 0.6) is 0 Å². The van der Waals surface area contributed by atoms with Crippen molar-refractivity contribution < 1.29 is 9.90 Å². The Labute approximate surface area is 127 Å². The first-order valence-electron chi connectivity index (χ1n) is 6.36. The molecule has 21 heavy (non-hydrogen) atoms. The molecule has 0 unspecified atom stereocenters. The van der Waals surface area contributed by atoms with Crippen molar-refractivity contribution in [1.29, 1.82) is 0 Å². The lowest BCUT2D eigenvalue weighted by Crippen LogP contribution is -2.09. The van der Waals surface area contributed by atoms with E-state index in [9.17, 15) is 9.90 Å². The number of carboxylic acids is 1. The number of aryl methyl sites for hydroxylation is 2. The number of hydrogen-bond donors (Lipinski definition) is 3. The van der Waals surface area contributed by atoms with Gasteiger partial charge in [0, 0.05) is 30.5 Å². The summed E-state index contributed by atoms with van der Waals surface area (Å²) in [5, 5.41) is 16.9. The zero-order valence-electron chi connectivity index (χ0n) is 12.1. The third-order valence-electron chi connectivity index (χ3n) is 3.44. The quantitative estimate of drug-likeness (QED) is 0.755. The summed E-state index contributed by atoms with van der Waals surface area (Å²) in [6.45, 7) is 4.31.